The number of rotatable bonds is 5. The molecule has 4 nitrogen and oxygen atoms in total. The first-order valence-electron chi connectivity index (χ1n) is 7.81. The van der Waals surface area contributed by atoms with Crippen molar-refractivity contribution < 1.29 is 14.5 Å². The molecule has 118 valence electrons. The maximum absolute atomic E-state index is 12.4. The van der Waals surface area contributed by atoms with Crippen molar-refractivity contribution in [3.8, 4) is 0 Å². The summed E-state index contributed by atoms with van der Waals surface area (Å²) in [7, 11) is 0. The van der Waals surface area contributed by atoms with Gasteiger partial charge in [-0.3, -0.25) is 4.79 Å². The first-order valence-corrected chi connectivity index (χ1v) is 7.81. The van der Waals surface area contributed by atoms with Crippen molar-refractivity contribution in [3.63, 3.8) is 0 Å². The van der Waals surface area contributed by atoms with E-state index >= 15 is 0 Å². The van der Waals surface area contributed by atoms with Gasteiger partial charge in [0.1, 0.15) is 6.04 Å². The Labute approximate surface area is 135 Å². The Bertz CT molecular complexity index is 796. The Morgan fingerprint density at radius 3 is 2.57 bits per heavy atom. The summed E-state index contributed by atoms with van der Waals surface area (Å²) in [5.74, 6) is 0.856. The number of benzene rings is 2. The Kier molecular flexibility index (Phi) is 4.44. The van der Waals surface area contributed by atoms with Crippen LogP contribution in [-0.4, -0.2) is 11.9 Å². The summed E-state index contributed by atoms with van der Waals surface area (Å²) in [6.07, 6.45) is 1.65. The fraction of sp³-hybridized carbons (Fsp3) is 0.211. The van der Waals surface area contributed by atoms with Gasteiger partial charge in [-0.05, 0) is 48.9 Å². The summed E-state index contributed by atoms with van der Waals surface area (Å²) in [4.78, 5) is 12.4. The number of carbonyl (C=O) groups excluding carboxylic acids is 1. The second-order valence-electron chi connectivity index (χ2n) is 5.84. The third-order valence-electron chi connectivity index (χ3n) is 4.00. The topological polar surface area (TPSA) is 58.9 Å². The average Bonchev–Trinajstić information content (AvgIpc) is 3.09. The van der Waals surface area contributed by atoms with Gasteiger partial charge < -0.3 is 15.1 Å². The molecule has 1 amide bonds. The van der Waals surface area contributed by atoms with Gasteiger partial charge in [-0.15, -0.1) is 0 Å². The molecule has 0 fully saturated rings. The Hall–Kier alpha value is -2.59. The minimum Gasteiger partial charge on any atom is -0.463 e. The third kappa shape index (κ3) is 3.60. The quantitative estimate of drug-likeness (QED) is 0.761. The summed E-state index contributed by atoms with van der Waals surface area (Å²) < 4.78 is 5.38. The lowest BCUT2D eigenvalue weighted by Crippen LogP contribution is -2.91. The lowest BCUT2D eigenvalue weighted by molar-refractivity contribution is -0.711. The summed E-state index contributed by atoms with van der Waals surface area (Å²) in [6.45, 7) is 3.93. The van der Waals surface area contributed by atoms with E-state index in [1.807, 2.05) is 67.7 Å². The van der Waals surface area contributed by atoms with Crippen LogP contribution < -0.4 is 10.6 Å². The largest absolute Gasteiger partial charge is 0.463 e. The van der Waals surface area contributed by atoms with Crippen LogP contribution in [0.3, 0.4) is 0 Å². The van der Waals surface area contributed by atoms with Crippen LogP contribution in [0.15, 0.2) is 65.3 Å². The fourth-order valence-electron chi connectivity index (χ4n) is 2.69. The van der Waals surface area contributed by atoms with Crippen LogP contribution in [0.2, 0.25) is 0 Å². The fourth-order valence-corrected chi connectivity index (χ4v) is 2.69. The maximum atomic E-state index is 12.4. The van der Waals surface area contributed by atoms with E-state index in [4.69, 9.17) is 4.42 Å². The molecule has 0 aliphatic carbocycles. The standard InChI is InChI=1S/C19H20N2O2/c1-13(18-8-5-11-23-18)20-14(2)19(22)21-17-10-9-15-6-3-4-7-16(15)12-17/h3-14,20H,1-2H3,(H,21,22)/p+1/t13-,14-/m0/s1. The van der Waals surface area contributed by atoms with E-state index in [9.17, 15) is 4.79 Å². The zero-order chi connectivity index (χ0) is 16.2. The SMILES string of the molecule is C[C@H]([NH2+][C@@H](C)c1ccco1)C(=O)Nc1ccc2ccccc2c1. The van der Waals surface area contributed by atoms with E-state index in [0.29, 0.717) is 0 Å². The van der Waals surface area contributed by atoms with Crippen molar-refractivity contribution in [2.45, 2.75) is 25.9 Å². The van der Waals surface area contributed by atoms with Crippen LogP contribution in [0.1, 0.15) is 25.6 Å². The first kappa shape index (κ1) is 15.3. The minimum absolute atomic E-state index is 0.0151. The van der Waals surface area contributed by atoms with E-state index in [1.54, 1.807) is 6.26 Å². The highest BCUT2D eigenvalue weighted by Crippen LogP contribution is 2.18. The Balaban J connectivity index is 1.65. The van der Waals surface area contributed by atoms with Crippen LogP contribution in [0.4, 0.5) is 5.69 Å². The van der Waals surface area contributed by atoms with Crippen molar-refractivity contribution in [1.29, 1.82) is 0 Å². The van der Waals surface area contributed by atoms with E-state index in [-0.39, 0.29) is 18.0 Å². The molecule has 2 atom stereocenters. The van der Waals surface area contributed by atoms with Gasteiger partial charge in [0.2, 0.25) is 0 Å². The molecule has 3 aromatic rings. The Morgan fingerprint density at radius 1 is 1.04 bits per heavy atom. The molecule has 0 unspecified atom stereocenters. The molecule has 0 aliphatic heterocycles. The summed E-state index contributed by atoms with van der Waals surface area (Å²) in [6, 6.07) is 17.7. The van der Waals surface area contributed by atoms with Gasteiger partial charge in [-0.1, -0.05) is 30.3 Å². The van der Waals surface area contributed by atoms with Gasteiger partial charge in [0.25, 0.3) is 5.91 Å². The first-order chi connectivity index (χ1) is 11.1. The van der Waals surface area contributed by atoms with Crippen molar-refractivity contribution >= 4 is 22.4 Å². The molecule has 0 saturated carbocycles. The summed E-state index contributed by atoms with van der Waals surface area (Å²) >= 11 is 0. The Morgan fingerprint density at radius 2 is 1.83 bits per heavy atom. The van der Waals surface area contributed by atoms with Gasteiger partial charge >= 0.3 is 0 Å². The molecule has 0 bridgehead atoms. The predicted molar refractivity (Wildman–Crippen MR) is 91.1 cm³/mol. The van der Waals surface area contributed by atoms with Crippen LogP contribution in [0.5, 0.6) is 0 Å². The van der Waals surface area contributed by atoms with Crippen LogP contribution >= 0.6 is 0 Å². The molecular weight excluding hydrogens is 288 g/mol. The van der Waals surface area contributed by atoms with Crippen LogP contribution in [0, 0.1) is 0 Å². The van der Waals surface area contributed by atoms with E-state index in [0.717, 1.165) is 22.2 Å². The molecule has 0 radical (unpaired) electrons. The highest BCUT2D eigenvalue weighted by molar-refractivity contribution is 5.96. The van der Waals surface area contributed by atoms with Crippen molar-refractivity contribution in [2.75, 3.05) is 5.32 Å². The van der Waals surface area contributed by atoms with Gasteiger partial charge in [-0.25, -0.2) is 0 Å². The molecule has 0 spiro atoms. The molecular formula is C19H21N2O2+. The number of nitrogens with two attached hydrogens (primary N) is 1. The van der Waals surface area contributed by atoms with Crippen LogP contribution in [-0.2, 0) is 4.79 Å². The molecule has 0 aliphatic rings. The normalized spacial score (nSPS) is 13.7. The van der Waals surface area contributed by atoms with E-state index in [2.05, 4.69) is 11.4 Å². The predicted octanol–water partition coefficient (Wildman–Crippen LogP) is 3.08. The smallest absolute Gasteiger partial charge is 0.282 e. The lowest BCUT2D eigenvalue weighted by Gasteiger charge is -2.15. The number of hydrogen-bond donors (Lipinski definition) is 2. The minimum atomic E-state index is -0.207. The lowest BCUT2D eigenvalue weighted by atomic mass is 10.1. The number of fused-ring (bicyclic) bond motifs is 1. The van der Waals surface area contributed by atoms with Gasteiger partial charge in [0, 0.05) is 5.69 Å². The number of furan rings is 1. The van der Waals surface area contributed by atoms with Crippen LogP contribution in [0.25, 0.3) is 10.8 Å². The molecule has 1 heterocycles. The van der Waals surface area contributed by atoms with Crippen molar-refractivity contribution in [2.24, 2.45) is 0 Å². The third-order valence-corrected chi connectivity index (χ3v) is 4.00. The van der Waals surface area contributed by atoms with Gasteiger partial charge in [0.05, 0.1) is 6.26 Å². The van der Waals surface area contributed by atoms with Gasteiger partial charge in [0.15, 0.2) is 11.8 Å². The molecule has 1 aromatic heterocycles. The molecule has 2 aromatic carbocycles. The van der Waals surface area contributed by atoms with Crippen molar-refractivity contribution in [1.82, 2.24) is 0 Å². The van der Waals surface area contributed by atoms with Crippen molar-refractivity contribution in [3.05, 3.63) is 66.6 Å². The monoisotopic (exact) mass is 309 g/mol. The zero-order valence-corrected chi connectivity index (χ0v) is 13.3. The highest BCUT2D eigenvalue weighted by atomic mass is 16.3. The number of nitrogens with one attached hydrogen (secondary N) is 1. The zero-order valence-electron chi connectivity index (χ0n) is 13.3. The summed E-state index contributed by atoms with van der Waals surface area (Å²) in [5.41, 5.74) is 0.819. The number of anilines is 1. The maximum Gasteiger partial charge on any atom is 0.282 e. The average molecular weight is 309 g/mol. The second-order valence-corrected chi connectivity index (χ2v) is 5.84. The molecule has 23 heavy (non-hydrogen) atoms. The number of quaternary nitrogens is 1. The van der Waals surface area contributed by atoms with E-state index < -0.39 is 0 Å². The molecule has 0 saturated heterocycles. The number of amides is 1. The molecule has 3 N–H and O–H groups in total. The van der Waals surface area contributed by atoms with E-state index in [1.165, 1.54) is 0 Å². The molecule has 4 heteroatoms. The summed E-state index contributed by atoms with van der Waals surface area (Å²) in [5, 5.41) is 7.26. The van der Waals surface area contributed by atoms with Gasteiger partial charge in [-0.2, -0.15) is 0 Å². The number of carbonyl (C=O) groups is 1. The second kappa shape index (κ2) is 6.67. The highest BCUT2D eigenvalue weighted by Gasteiger charge is 2.21. The molecule has 3 rings (SSSR count). The number of hydrogen-bond acceptors (Lipinski definition) is 2.